The summed E-state index contributed by atoms with van der Waals surface area (Å²) < 4.78 is 0. The SMILES string of the molecule is CC1=CC=C(NC(=O)c2ccc(C)cc2)CC1. The van der Waals surface area contributed by atoms with Gasteiger partial charge in [-0.05, 0) is 44.9 Å². The van der Waals surface area contributed by atoms with Crippen molar-refractivity contribution in [3.05, 3.63) is 58.8 Å². The van der Waals surface area contributed by atoms with E-state index in [9.17, 15) is 4.79 Å². The first-order valence-electron chi connectivity index (χ1n) is 5.89. The number of rotatable bonds is 2. The van der Waals surface area contributed by atoms with Gasteiger partial charge in [0.15, 0.2) is 0 Å². The highest BCUT2D eigenvalue weighted by Gasteiger charge is 2.09. The van der Waals surface area contributed by atoms with Crippen molar-refractivity contribution < 1.29 is 4.79 Å². The first-order valence-corrected chi connectivity index (χ1v) is 5.89. The summed E-state index contributed by atoms with van der Waals surface area (Å²) in [6, 6.07) is 7.62. The zero-order valence-electron chi connectivity index (χ0n) is 10.3. The molecule has 0 unspecified atom stereocenters. The fraction of sp³-hybridized carbons (Fsp3) is 0.267. The lowest BCUT2D eigenvalue weighted by Crippen LogP contribution is -2.23. The van der Waals surface area contributed by atoms with Gasteiger partial charge in [-0.3, -0.25) is 4.79 Å². The maximum atomic E-state index is 11.9. The molecule has 1 aromatic rings. The molecule has 0 radical (unpaired) electrons. The molecule has 0 atom stereocenters. The third-order valence-corrected chi connectivity index (χ3v) is 2.95. The van der Waals surface area contributed by atoms with Crippen LogP contribution in [0.4, 0.5) is 0 Å². The summed E-state index contributed by atoms with van der Waals surface area (Å²) in [6.07, 6.45) is 6.00. The Kier molecular flexibility index (Phi) is 3.43. The maximum Gasteiger partial charge on any atom is 0.255 e. The van der Waals surface area contributed by atoms with Crippen molar-refractivity contribution in [2.45, 2.75) is 26.7 Å². The van der Waals surface area contributed by atoms with Crippen LogP contribution in [0.25, 0.3) is 0 Å². The van der Waals surface area contributed by atoms with Crippen LogP contribution < -0.4 is 5.32 Å². The van der Waals surface area contributed by atoms with E-state index in [0.717, 1.165) is 24.1 Å². The van der Waals surface area contributed by atoms with Crippen LogP contribution in [-0.4, -0.2) is 5.91 Å². The number of allylic oxidation sites excluding steroid dienone is 4. The molecule has 88 valence electrons. The molecule has 1 N–H and O–H groups in total. The summed E-state index contributed by atoms with van der Waals surface area (Å²) >= 11 is 0. The van der Waals surface area contributed by atoms with Crippen molar-refractivity contribution in [3.8, 4) is 0 Å². The molecule has 0 fully saturated rings. The maximum absolute atomic E-state index is 11.9. The fourth-order valence-corrected chi connectivity index (χ4v) is 1.77. The van der Waals surface area contributed by atoms with E-state index in [1.807, 2.05) is 37.3 Å². The van der Waals surface area contributed by atoms with E-state index in [0.29, 0.717) is 5.56 Å². The second-order valence-corrected chi connectivity index (χ2v) is 4.53. The van der Waals surface area contributed by atoms with Crippen LogP contribution in [0.1, 0.15) is 35.7 Å². The molecule has 1 aromatic carbocycles. The Morgan fingerprint density at radius 1 is 1.06 bits per heavy atom. The Labute approximate surface area is 102 Å². The number of amides is 1. The monoisotopic (exact) mass is 227 g/mol. The smallest absolute Gasteiger partial charge is 0.255 e. The highest BCUT2D eigenvalue weighted by molar-refractivity contribution is 5.95. The lowest BCUT2D eigenvalue weighted by atomic mass is 10.0. The summed E-state index contributed by atoms with van der Waals surface area (Å²) in [7, 11) is 0. The molecular weight excluding hydrogens is 210 g/mol. The quantitative estimate of drug-likeness (QED) is 0.824. The first kappa shape index (κ1) is 11.6. The van der Waals surface area contributed by atoms with E-state index >= 15 is 0 Å². The van der Waals surface area contributed by atoms with Crippen molar-refractivity contribution in [1.29, 1.82) is 0 Å². The fourth-order valence-electron chi connectivity index (χ4n) is 1.77. The Morgan fingerprint density at radius 3 is 2.35 bits per heavy atom. The second kappa shape index (κ2) is 5.00. The first-order chi connectivity index (χ1) is 8.15. The van der Waals surface area contributed by atoms with Crippen LogP contribution >= 0.6 is 0 Å². The number of nitrogens with one attached hydrogen (secondary N) is 1. The van der Waals surface area contributed by atoms with Gasteiger partial charge in [-0.1, -0.05) is 29.3 Å². The zero-order chi connectivity index (χ0) is 12.3. The van der Waals surface area contributed by atoms with Gasteiger partial charge in [-0.25, -0.2) is 0 Å². The van der Waals surface area contributed by atoms with Crippen LogP contribution in [0, 0.1) is 6.92 Å². The Bertz CT molecular complexity index is 480. The summed E-state index contributed by atoms with van der Waals surface area (Å²) in [4.78, 5) is 11.9. The van der Waals surface area contributed by atoms with Crippen LogP contribution in [0.5, 0.6) is 0 Å². The molecule has 0 bridgehead atoms. The average Bonchev–Trinajstić information content (AvgIpc) is 2.33. The number of hydrogen-bond donors (Lipinski definition) is 1. The molecule has 2 nitrogen and oxygen atoms in total. The van der Waals surface area contributed by atoms with Gasteiger partial charge >= 0.3 is 0 Å². The van der Waals surface area contributed by atoms with E-state index < -0.39 is 0 Å². The topological polar surface area (TPSA) is 29.1 Å². The van der Waals surface area contributed by atoms with Gasteiger partial charge in [0.1, 0.15) is 0 Å². The third kappa shape index (κ3) is 3.06. The Balaban J connectivity index is 2.05. The van der Waals surface area contributed by atoms with Crippen LogP contribution in [0.3, 0.4) is 0 Å². The molecule has 2 rings (SSSR count). The standard InChI is InChI=1S/C15H17NO/c1-11-3-7-13(8-4-11)15(17)16-14-9-5-12(2)6-10-14/h3-5,7-9H,6,10H2,1-2H3,(H,16,17). The minimum atomic E-state index is -0.0239. The molecule has 17 heavy (non-hydrogen) atoms. The van der Waals surface area contributed by atoms with Gasteiger partial charge in [-0.2, -0.15) is 0 Å². The van der Waals surface area contributed by atoms with E-state index in [1.165, 1.54) is 5.57 Å². The van der Waals surface area contributed by atoms with E-state index in [-0.39, 0.29) is 5.91 Å². The van der Waals surface area contributed by atoms with Crippen LogP contribution in [0.15, 0.2) is 47.7 Å². The molecular formula is C15H17NO. The van der Waals surface area contributed by atoms with E-state index in [2.05, 4.69) is 18.3 Å². The van der Waals surface area contributed by atoms with Crippen LogP contribution in [0.2, 0.25) is 0 Å². The number of carbonyl (C=O) groups excluding carboxylic acids is 1. The molecule has 1 amide bonds. The molecule has 2 heteroatoms. The van der Waals surface area contributed by atoms with Crippen molar-refractivity contribution in [2.75, 3.05) is 0 Å². The number of aryl methyl sites for hydroxylation is 1. The van der Waals surface area contributed by atoms with Crippen LogP contribution in [-0.2, 0) is 0 Å². The number of hydrogen-bond acceptors (Lipinski definition) is 1. The molecule has 0 aromatic heterocycles. The van der Waals surface area contributed by atoms with Gasteiger partial charge < -0.3 is 5.32 Å². The Morgan fingerprint density at radius 2 is 1.76 bits per heavy atom. The van der Waals surface area contributed by atoms with Gasteiger partial charge in [0.2, 0.25) is 0 Å². The number of benzene rings is 1. The normalized spacial score (nSPS) is 14.9. The van der Waals surface area contributed by atoms with Crippen molar-refractivity contribution in [1.82, 2.24) is 5.32 Å². The molecule has 0 saturated carbocycles. The van der Waals surface area contributed by atoms with Gasteiger partial charge in [-0.15, -0.1) is 0 Å². The third-order valence-electron chi connectivity index (χ3n) is 2.95. The van der Waals surface area contributed by atoms with Gasteiger partial charge in [0.25, 0.3) is 5.91 Å². The Hall–Kier alpha value is -1.83. The van der Waals surface area contributed by atoms with Gasteiger partial charge in [0, 0.05) is 11.3 Å². The second-order valence-electron chi connectivity index (χ2n) is 4.53. The van der Waals surface area contributed by atoms with Crippen molar-refractivity contribution in [3.63, 3.8) is 0 Å². The van der Waals surface area contributed by atoms with E-state index in [4.69, 9.17) is 0 Å². The summed E-state index contributed by atoms with van der Waals surface area (Å²) in [5.74, 6) is -0.0239. The minimum Gasteiger partial charge on any atom is -0.326 e. The highest BCUT2D eigenvalue weighted by Crippen LogP contribution is 2.16. The largest absolute Gasteiger partial charge is 0.326 e. The zero-order valence-corrected chi connectivity index (χ0v) is 10.3. The number of carbonyl (C=O) groups is 1. The molecule has 1 aliphatic carbocycles. The molecule has 1 aliphatic rings. The molecule has 0 heterocycles. The predicted octanol–water partition coefficient (Wildman–Crippen LogP) is 3.35. The minimum absolute atomic E-state index is 0.0239. The van der Waals surface area contributed by atoms with Crippen molar-refractivity contribution in [2.24, 2.45) is 0 Å². The van der Waals surface area contributed by atoms with E-state index in [1.54, 1.807) is 0 Å². The molecule has 0 aliphatic heterocycles. The molecule has 0 spiro atoms. The molecule has 0 saturated heterocycles. The lowest BCUT2D eigenvalue weighted by molar-refractivity contribution is 0.0964. The summed E-state index contributed by atoms with van der Waals surface area (Å²) in [6.45, 7) is 4.12. The lowest BCUT2D eigenvalue weighted by Gasteiger charge is -2.13. The summed E-state index contributed by atoms with van der Waals surface area (Å²) in [5, 5.41) is 2.95. The predicted molar refractivity (Wildman–Crippen MR) is 69.7 cm³/mol. The van der Waals surface area contributed by atoms with Gasteiger partial charge in [0.05, 0.1) is 0 Å². The highest BCUT2D eigenvalue weighted by atomic mass is 16.1. The summed E-state index contributed by atoms with van der Waals surface area (Å²) in [5.41, 5.74) is 4.24. The van der Waals surface area contributed by atoms with Crippen molar-refractivity contribution >= 4 is 5.91 Å². The average molecular weight is 227 g/mol.